The zero-order chi connectivity index (χ0) is 15.7. The summed E-state index contributed by atoms with van der Waals surface area (Å²) in [5, 5.41) is 0. The molecular weight excluding hydrogens is 283 g/mol. The first-order valence-electron chi connectivity index (χ1n) is 7.00. The molecule has 0 aliphatic rings. The molecule has 0 atom stereocenters. The fourth-order valence-electron chi connectivity index (χ4n) is 2.40. The number of hydrogen-bond acceptors (Lipinski definition) is 3. The highest BCUT2D eigenvalue weighted by Crippen LogP contribution is 2.32. The predicted molar refractivity (Wildman–Crippen MR) is 82.0 cm³/mol. The Morgan fingerprint density at radius 2 is 1.68 bits per heavy atom. The average molecular weight is 298 g/mol. The van der Waals surface area contributed by atoms with Gasteiger partial charge in [-0.2, -0.15) is 0 Å². The van der Waals surface area contributed by atoms with Gasteiger partial charge in [0, 0.05) is 18.0 Å². The standard InChI is InChI=1S/C17H15FN2O2/c1-11(2)20-16(13-7-9-19-10-8-13)15(17(21)22-20)12-3-5-14(18)6-4-12/h3-11H,1-2H3. The number of halogens is 1. The summed E-state index contributed by atoms with van der Waals surface area (Å²) in [5.74, 6) is -0.345. The van der Waals surface area contributed by atoms with Gasteiger partial charge in [-0.05, 0) is 43.7 Å². The smallest absolute Gasteiger partial charge is 0.335 e. The summed E-state index contributed by atoms with van der Waals surface area (Å²) < 4.78 is 20.1. The Morgan fingerprint density at radius 3 is 2.27 bits per heavy atom. The van der Waals surface area contributed by atoms with Crippen LogP contribution < -0.4 is 5.63 Å². The van der Waals surface area contributed by atoms with E-state index in [4.69, 9.17) is 4.52 Å². The summed E-state index contributed by atoms with van der Waals surface area (Å²) in [4.78, 5) is 16.3. The molecule has 1 aromatic carbocycles. The van der Waals surface area contributed by atoms with Crippen molar-refractivity contribution in [1.29, 1.82) is 0 Å². The molecule has 0 amide bonds. The highest BCUT2D eigenvalue weighted by molar-refractivity contribution is 5.80. The van der Waals surface area contributed by atoms with Crippen LogP contribution in [0, 0.1) is 5.82 Å². The first-order chi connectivity index (χ1) is 10.6. The van der Waals surface area contributed by atoms with Gasteiger partial charge in [0.1, 0.15) is 5.82 Å². The Bertz CT molecular complexity index is 833. The minimum Gasteiger partial charge on any atom is -0.335 e. The molecule has 0 aliphatic carbocycles. The Morgan fingerprint density at radius 1 is 1.05 bits per heavy atom. The van der Waals surface area contributed by atoms with Gasteiger partial charge < -0.3 is 4.52 Å². The van der Waals surface area contributed by atoms with Crippen molar-refractivity contribution in [3.05, 3.63) is 65.0 Å². The van der Waals surface area contributed by atoms with Gasteiger partial charge >= 0.3 is 5.63 Å². The van der Waals surface area contributed by atoms with Crippen LogP contribution >= 0.6 is 0 Å². The van der Waals surface area contributed by atoms with Gasteiger partial charge in [-0.3, -0.25) is 4.98 Å². The number of rotatable bonds is 3. The van der Waals surface area contributed by atoms with Crippen LogP contribution in [-0.4, -0.2) is 9.72 Å². The molecule has 0 radical (unpaired) electrons. The SMILES string of the molecule is CC(C)n1oc(=O)c(-c2ccc(F)cc2)c1-c1ccncc1. The van der Waals surface area contributed by atoms with Crippen molar-refractivity contribution >= 4 is 0 Å². The predicted octanol–water partition coefficient (Wildman–Crippen LogP) is 3.89. The van der Waals surface area contributed by atoms with Gasteiger partial charge in [0.2, 0.25) is 0 Å². The van der Waals surface area contributed by atoms with Crippen LogP contribution in [0.4, 0.5) is 4.39 Å². The molecule has 0 unspecified atom stereocenters. The first-order valence-corrected chi connectivity index (χ1v) is 7.00. The monoisotopic (exact) mass is 298 g/mol. The molecule has 22 heavy (non-hydrogen) atoms. The summed E-state index contributed by atoms with van der Waals surface area (Å²) in [6.45, 7) is 3.87. The molecule has 2 heterocycles. The summed E-state index contributed by atoms with van der Waals surface area (Å²) in [6.07, 6.45) is 3.32. The lowest BCUT2D eigenvalue weighted by Gasteiger charge is -2.11. The van der Waals surface area contributed by atoms with E-state index in [9.17, 15) is 9.18 Å². The number of benzene rings is 1. The van der Waals surface area contributed by atoms with Crippen LogP contribution in [-0.2, 0) is 0 Å². The second-order valence-corrected chi connectivity index (χ2v) is 5.26. The molecule has 0 saturated heterocycles. The van der Waals surface area contributed by atoms with Crippen molar-refractivity contribution < 1.29 is 8.91 Å². The van der Waals surface area contributed by atoms with Crippen LogP contribution in [0.25, 0.3) is 22.4 Å². The van der Waals surface area contributed by atoms with Gasteiger partial charge in [0.15, 0.2) is 0 Å². The van der Waals surface area contributed by atoms with Gasteiger partial charge in [-0.25, -0.2) is 13.9 Å². The Kier molecular flexibility index (Phi) is 3.63. The molecule has 0 fully saturated rings. The molecule has 3 rings (SSSR count). The third-order valence-corrected chi connectivity index (χ3v) is 3.40. The Labute approximate surface area is 126 Å². The fraction of sp³-hybridized carbons (Fsp3) is 0.176. The highest BCUT2D eigenvalue weighted by Gasteiger charge is 2.22. The lowest BCUT2D eigenvalue weighted by Crippen LogP contribution is -2.02. The second-order valence-electron chi connectivity index (χ2n) is 5.26. The summed E-state index contributed by atoms with van der Waals surface area (Å²) >= 11 is 0. The van der Waals surface area contributed by atoms with Crippen molar-refractivity contribution in [1.82, 2.24) is 9.72 Å². The third-order valence-electron chi connectivity index (χ3n) is 3.40. The van der Waals surface area contributed by atoms with Crippen molar-refractivity contribution in [2.24, 2.45) is 0 Å². The van der Waals surface area contributed by atoms with Crippen molar-refractivity contribution in [2.45, 2.75) is 19.9 Å². The van der Waals surface area contributed by atoms with Crippen LogP contribution in [0.1, 0.15) is 19.9 Å². The highest BCUT2D eigenvalue weighted by atomic mass is 19.1. The molecule has 0 aliphatic heterocycles. The number of pyridine rings is 1. The average Bonchev–Trinajstić information content (AvgIpc) is 2.87. The van der Waals surface area contributed by atoms with Gasteiger partial charge in [0.05, 0.1) is 17.3 Å². The zero-order valence-corrected chi connectivity index (χ0v) is 12.3. The van der Waals surface area contributed by atoms with Crippen LogP contribution in [0.2, 0.25) is 0 Å². The quantitative estimate of drug-likeness (QED) is 0.737. The van der Waals surface area contributed by atoms with E-state index in [2.05, 4.69) is 4.98 Å². The molecule has 0 N–H and O–H groups in total. The van der Waals surface area contributed by atoms with Crippen LogP contribution in [0.15, 0.2) is 58.1 Å². The van der Waals surface area contributed by atoms with E-state index >= 15 is 0 Å². The molecule has 0 spiro atoms. The topological polar surface area (TPSA) is 48.0 Å². The normalized spacial score (nSPS) is 11.1. The molecule has 0 saturated carbocycles. The van der Waals surface area contributed by atoms with Gasteiger partial charge in [-0.1, -0.05) is 12.1 Å². The van der Waals surface area contributed by atoms with Crippen LogP contribution in [0.3, 0.4) is 0 Å². The molecule has 4 nitrogen and oxygen atoms in total. The molecule has 5 heteroatoms. The maximum absolute atomic E-state index is 13.1. The Balaban J connectivity index is 2.30. The number of aromatic nitrogens is 2. The second kappa shape index (κ2) is 5.60. The summed E-state index contributed by atoms with van der Waals surface area (Å²) in [6, 6.07) is 9.43. The van der Waals surface area contributed by atoms with Crippen molar-refractivity contribution in [3.8, 4) is 22.4 Å². The maximum Gasteiger partial charge on any atom is 0.365 e. The minimum absolute atomic E-state index is 0.0231. The van der Waals surface area contributed by atoms with Crippen molar-refractivity contribution in [2.75, 3.05) is 0 Å². The Hall–Kier alpha value is -2.69. The maximum atomic E-state index is 13.1. The zero-order valence-electron chi connectivity index (χ0n) is 12.3. The molecule has 3 aromatic rings. The van der Waals surface area contributed by atoms with E-state index in [0.717, 1.165) is 5.56 Å². The van der Waals surface area contributed by atoms with Crippen LogP contribution in [0.5, 0.6) is 0 Å². The third kappa shape index (κ3) is 2.45. The first kappa shape index (κ1) is 14.3. The minimum atomic E-state index is -0.438. The van der Waals surface area contributed by atoms with E-state index in [1.165, 1.54) is 12.1 Å². The van der Waals surface area contributed by atoms with E-state index in [1.54, 1.807) is 29.3 Å². The summed E-state index contributed by atoms with van der Waals surface area (Å²) in [7, 11) is 0. The molecular formula is C17H15FN2O2. The van der Waals surface area contributed by atoms with Crippen molar-refractivity contribution in [3.63, 3.8) is 0 Å². The van der Waals surface area contributed by atoms with E-state index in [-0.39, 0.29) is 11.9 Å². The number of nitrogens with zero attached hydrogens (tertiary/aromatic N) is 2. The largest absolute Gasteiger partial charge is 0.365 e. The lowest BCUT2D eigenvalue weighted by atomic mass is 10.0. The van der Waals surface area contributed by atoms with E-state index in [1.807, 2.05) is 26.0 Å². The van der Waals surface area contributed by atoms with Gasteiger partial charge in [0.25, 0.3) is 0 Å². The number of hydrogen-bond donors (Lipinski definition) is 0. The van der Waals surface area contributed by atoms with Gasteiger partial charge in [-0.15, -0.1) is 0 Å². The molecule has 2 aromatic heterocycles. The van der Waals surface area contributed by atoms with E-state index in [0.29, 0.717) is 16.8 Å². The molecule has 112 valence electrons. The van der Waals surface area contributed by atoms with E-state index < -0.39 is 5.63 Å². The fourth-order valence-corrected chi connectivity index (χ4v) is 2.40. The molecule has 0 bridgehead atoms. The lowest BCUT2D eigenvalue weighted by molar-refractivity contribution is 0.228. The summed E-state index contributed by atoms with van der Waals surface area (Å²) in [5.41, 5.74) is 2.12.